The first-order valence-electron chi connectivity index (χ1n) is 4.01. The van der Waals surface area contributed by atoms with Crippen LogP contribution in [-0.4, -0.2) is 23.9 Å². The average molecular weight is 200 g/mol. The van der Waals surface area contributed by atoms with Crippen LogP contribution in [0, 0.1) is 0 Å². The Morgan fingerprint density at radius 1 is 1.85 bits per heavy atom. The molecule has 0 saturated heterocycles. The maximum absolute atomic E-state index is 11.0. The van der Waals surface area contributed by atoms with E-state index in [1.165, 1.54) is 11.8 Å². The van der Waals surface area contributed by atoms with Crippen LogP contribution in [0.4, 0.5) is 4.79 Å². The number of hydrogen-bond acceptors (Lipinski definition) is 4. The fourth-order valence-electron chi connectivity index (χ4n) is 0.796. The van der Waals surface area contributed by atoms with Crippen molar-refractivity contribution in [1.82, 2.24) is 5.32 Å². The van der Waals surface area contributed by atoms with Crippen LogP contribution in [0.2, 0.25) is 0 Å². The van der Waals surface area contributed by atoms with Crippen molar-refractivity contribution in [1.29, 1.82) is 0 Å². The maximum atomic E-state index is 11.0. The summed E-state index contributed by atoms with van der Waals surface area (Å²) in [7, 11) is 0. The van der Waals surface area contributed by atoms with Crippen LogP contribution in [0.15, 0.2) is 16.5 Å². The van der Waals surface area contributed by atoms with Crippen LogP contribution in [0.1, 0.15) is 13.8 Å². The van der Waals surface area contributed by atoms with E-state index >= 15 is 0 Å². The Morgan fingerprint density at radius 3 is 3.00 bits per heavy atom. The number of carbonyl (C=O) groups excluding carboxylic acids is 1. The monoisotopic (exact) mass is 200 g/mol. The normalized spacial score (nSPS) is 21.2. The van der Waals surface area contributed by atoms with Gasteiger partial charge in [0, 0.05) is 4.91 Å². The lowest BCUT2D eigenvalue weighted by atomic mass is 10.4. The zero-order valence-corrected chi connectivity index (χ0v) is 8.48. The van der Waals surface area contributed by atoms with Crippen LogP contribution < -0.4 is 5.32 Å². The first kappa shape index (κ1) is 10.1. The molecule has 0 fully saturated rings. The van der Waals surface area contributed by atoms with E-state index in [4.69, 9.17) is 4.74 Å². The summed E-state index contributed by atoms with van der Waals surface area (Å²) in [5, 5.41) is 3.10. The number of nitrogens with one attached hydrogen (secondary N) is 1. The number of thioether (sulfide) groups is 1. The molecule has 0 aromatic heterocycles. The number of rotatable bonds is 1. The fraction of sp³-hybridized carbons (Fsp3) is 0.500. The summed E-state index contributed by atoms with van der Waals surface area (Å²) in [4.78, 5) is 16.1. The second-order valence-electron chi connectivity index (χ2n) is 2.52. The number of nitrogens with zero attached hydrogens (tertiary/aromatic N) is 1. The lowest BCUT2D eigenvalue weighted by Crippen LogP contribution is -2.27. The van der Waals surface area contributed by atoms with E-state index in [1.54, 1.807) is 6.92 Å². The summed E-state index contributed by atoms with van der Waals surface area (Å²) in [5.41, 5.74) is 0. The SMILES string of the molecule is C=C1SC(NC(=O)OCC)=NC1C. The summed E-state index contributed by atoms with van der Waals surface area (Å²) in [5.74, 6) is 0. The van der Waals surface area contributed by atoms with E-state index in [0.717, 1.165) is 4.91 Å². The molecule has 0 aliphatic carbocycles. The second-order valence-corrected chi connectivity index (χ2v) is 3.64. The van der Waals surface area contributed by atoms with E-state index in [2.05, 4.69) is 16.9 Å². The molecular formula is C8H12N2O2S. The second kappa shape index (κ2) is 4.32. The van der Waals surface area contributed by atoms with Gasteiger partial charge in [0.05, 0.1) is 12.6 Å². The molecule has 0 spiro atoms. The van der Waals surface area contributed by atoms with E-state index in [0.29, 0.717) is 11.8 Å². The Labute approximate surface area is 81.4 Å². The van der Waals surface area contributed by atoms with Gasteiger partial charge in [-0.3, -0.25) is 10.3 Å². The number of alkyl carbamates (subject to hydrolysis) is 1. The lowest BCUT2D eigenvalue weighted by Gasteiger charge is -2.02. The van der Waals surface area contributed by atoms with Gasteiger partial charge in [-0.15, -0.1) is 0 Å². The highest BCUT2D eigenvalue weighted by Crippen LogP contribution is 2.27. The van der Waals surface area contributed by atoms with Gasteiger partial charge in [-0.05, 0) is 13.8 Å². The van der Waals surface area contributed by atoms with Crippen LogP contribution in [0.3, 0.4) is 0 Å². The third kappa shape index (κ3) is 2.77. The van der Waals surface area contributed by atoms with Crippen molar-refractivity contribution in [3.63, 3.8) is 0 Å². The van der Waals surface area contributed by atoms with Gasteiger partial charge >= 0.3 is 6.09 Å². The summed E-state index contributed by atoms with van der Waals surface area (Å²) in [6.45, 7) is 7.84. The molecule has 1 rings (SSSR count). The average Bonchev–Trinajstić information content (AvgIpc) is 2.31. The Balaban J connectivity index is 2.43. The largest absolute Gasteiger partial charge is 0.450 e. The predicted molar refractivity (Wildman–Crippen MR) is 53.8 cm³/mol. The van der Waals surface area contributed by atoms with E-state index in [1.807, 2.05) is 6.92 Å². The van der Waals surface area contributed by atoms with Gasteiger partial charge in [-0.2, -0.15) is 0 Å². The molecule has 0 aromatic carbocycles. The minimum atomic E-state index is -0.462. The maximum Gasteiger partial charge on any atom is 0.413 e. The molecule has 4 nitrogen and oxygen atoms in total. The van der Waals surface area contributed by atoms with E-state index in [9.17, 15) is 4.79 Å². The first-order chi connectivity index (χ1) is 6.13. The van der Waals surface area contributed by atoms with Gasteiger partial charge < -0.3 is 4.74 Å². The summed E-state index contributed by atoms with van der Waals surface area (Å²) >= 11 is 1.37. The van der Waals surface area contributed by atoms with Crippen molar-refractivity contribution in [2.75, 3.05) is 6.61 Å². The first-order valence-corrected chi connectivity index (χ1v) is 4.83. The summed E-state index contributed by atoms with van der Waals surface area (Å²) < 4.78 is 4.70. The Morgan fingerprint density at radius 2 is 2.54 bits per heavy atom. The zero-order valence-electron chi connectivity index (χ0n) is 7.66. The zero-order chi connectivity index (χ0) is 9.84. The number of carbonyl (C=O) groups is 1. The van der Waals surface area contributed by atoms with Gasteiger partial charge in [0.2, 0.25) is 0 Å². The molecule has 1 amide bonds. The van der Waals surface area contributed by atoms with Gasteiger partial charge in [0.15, 0.2) is 5.17 Å². The van der Waals surface area contributed by atoms with Gasteiger partial charge in [0.1, 0.15) is 0 Å². The highest BCUT2D eigenvalue weighted by Gasteiger charge is 2.19. The van der Waals surface area contributed by atoms with E-state index in [-0.39, 0.29) is 6.04 Å². The summed E-state index contributed by atoms with van der Waals surface area (Å²) in [6, 6.07) is 0.0712. The minimum absolute atomic E-state index is 0.0712. The molecule has 72 valence electrons. The van der Waals surface area contributed by atoms with Crippen molar-refractivity contribution >= 4 is 23.0 Å². The Bertz CT molecular complexity index is 263. The third-order valence-electron chi connectivity index (χ3n) is 1.49. The number of hydrogen-bond donors (Lipinski definition) is 1. The number of ether oxygens (including phenoxy) is 1. The van der Waals surface area contributed by atoms with Crippen LogP contribution in [0.25, 0.3) is 0 Å². The molecule has 0 saturated carbocycles. The molecule has 5 heteroatoms. The number of amidine groups is 1. The molecule has 1 atom stereocenters. The third-order valence-corrected chi connectivity index (χ3v) is 2.49. The molecule has 1 N–H and O–H groups in total. The molecule has 13 heavy (non-hydrogen) atoms. The Hall–Kier alpha value is -0.970. The van der Waals surface area contributed by atoms with Crippen molar-refractivity contribution in [2.24, 2.45) is 4.99 Å². The van der Waals surface area contributed by atoms with Gasteiger partial charge in [-0.25, -0.2) is 4.79 Å². The van der Waals surface area contributed by atoms with Gasteiger partial charge in [0.25, 0.3) is 0 Å². The molecule has 1 aliphatic heterocycles. The lowest BCUT2D eigenvalue weighted by molar-refractivity contribution is 0.158. The van der Waals surface area contributed by atoms with Crippen LogP contribution in [0.5, 0.6) is 0 Å². The van der Waals surface area contributed by atoms with Crippen molar-refractivity contribution < 1.29 is 9.53 Å². The van der Waals surface area contributed by atoms with Gasteiger partial charge in [-0.1, -0.05) is 18.3 Å². The van der Waals surface area contributed by atoms with Crippen LogP contribution in [-0.2, 0) is 4.74 Å². The van der Waals surface area contributed by atoms with Crippen molar-refractivity contribution in [3.05, 3.63) is 11.5 Å². The highest BCUT2D eigenvalue weighted by atomic mass is 32.2. The predicted octanol–water partition coefficient (Wildman–Crippen LogP) is 1.74. The molecule has 1 heterocycles. The quantitative estimate of drug-likeness (QED) is 0.701. The molecule has 0 radical (unpaired) electrons. The molecule has 0 bridgehead atoms. The molecule has 1 unspecified atom stereocenters. The molecule has 0 aromatic rings. The molecule has 1 aliphatic rings. The molecular weight excluding hydrogens is 188 g/mol. The minimum Gasteiger partial charge on any atom is -0.450 e. The number of aliphatic imine (C=N–C) groups is 1. The smallest absolute Gasteiger partial charge is 0.413 e. The van der Waals surface area contributed by atoms with Crippen molar-refractivity contribution in [3.8, 4) is 0 Å². The standard InChI is InChI=1S/C8H12N2O2S/c1-4-12-8(11)10-7-9-5(2)6(3)13-7/h5H,3-4H2,1-2H3,(H,9,10,11). The summed E-state index contributed by atoms with van der Waals surface area (Å²) in [6.07, 6.45) is -0.462. The van der Waals surface area contributed by atoms with Crippen molar-refractivity contribution in [2.45, 2.75) is 19.9 Å². The fourth-order valence-corrected chi connectivity index (χ4v) is 1.61. The Kier molecular flexibility index (Phi) is 3.36. The topological polar surface area (TPSA) is 50.7 Å². The number of amides is 1. The van der Waals surface area contributed by atoms with E-state index < -0.39 is 6.09 Å². The van der Waals surface area contributed by atoms with Crippen LogP contribution >= 0.6 is 11.8 Å². The highest BCUT2D eigenvalue weighted by molar-refractivity contribution is 8.17.